The fourth-order valence-electron chi connectivity index (χ4n) is 5.38. The predicted molar refractivity (Wildman–Crippen MR) is 133 cm³/mol. The number of aromatic nitrogens is 1. The van der Waals surface area contributed by atoms with Crippen LogP contribution in [0.1, 0.15) is 18.1 Å². The van der Waals surface area contributed by atoms with Crippen molar-refractivity contribution in [2.45, 2.75) is 18.6 Å². The van der Waals surface area contributed by atoms with Crippen molar-refractivity contribution in [1.82, 2.24) is 9.88 Å². The second kappa shape index (κ2) is 9.68. The highest BCUT2D eigenvalue weighted by Gasteiger charge is 2.40. The second-order valence-electron chi connectivity index (χ2n) is 9.57. The van der Waals surface area contributed by atoms with E-state index in [1.165, 1.54) is 13.2 Å². The first kappa shape index (κ1) is 23.7. The summed E-state index contributed by atoms with van der Waals surface area (Å²) < 4.78 is 37.1. The topological polar surface area (TPSA) is 93.6 Å². The van der Waals surface area contributed by atoms with E-state index in [-0.39, 0.29) is 24.1 Å². The number of aliphatic hydroxyl groups excluding tert-OH is 1. The van der Waals surface area contributed by atoms with E-state index in [1.807, 2.05) is 23.1 Å². The molecule has 2 fully saturated rings. The number of methoxy groups -OCH3 is 1. The number of carbonyl (C=O) groups is 1. The van der Waals surface area contributed by atoms with Crippen molar-refractivity contribution >= 4 is 22.7 Å². The highest BCUT2D eigenvalue weighted by Crippen LogP contribution is 2.37. The predicted octanol–water partition coefficient (Wildman–Crippen LogP) is 3.53. The molecule has 1 amide bonds. The Morgan fingerprint density at radius 2 is 1.95 bits per heavy atom. The van der Waals surface area contributed by atoms with Crippen molar-refractivity contribution in [3.8, 4) is 17.4 Å². The van der Waals surface area contributed by atoms with Crippen LogP contribution in [0.15, 0.2) is 42.5 Å². The number of likely N-dealkylation sites (tertiary alicyclic amines) is 1. The van der Waals surface area contributed by atoms with E-state index in [2.05, 4.69) is 4.98 Å². The number of hydrogen-bond acceptors (Lipinski definition) is 8. The molecule has 3 aromatic rings. The van der Waals surface area contributed by atoms with Gasteiger partial charge in [-0.15, -0.1) is 0 Å². The van der Waals surface area contributed by atoms with Gasteiger partial charge in [0.1, 0.15) is 25.1 Å². The van der Waals surface area contributed by atoms with Crippen LogP contribution in [0.4, 0.5) is 14.9 Å². The fourth-order valence-corrected chi connectivity index (χ4v) is 5.38. The maximum absolute atomic E-state index is 14.8. The van der Waals surface area contributed by atoms with Gasteiger partial charge in [0.05, 0.1) is 24.4 Å². The number of β-amino-alcohol motifs (C(OH)–C–C–N with tert-alkyl or cyclic N) is 1. The first-order chi connectivity index (χ1) is 18.0. The van der Waals surface area contributed by atoms with Crippen molar-refractivity contribution < 1.29 is 33.2 Å². The maximum atomic E-state index is 14.8. The number of nitrogens with zero attached hydrogens (tertiary/aromatic N) is 3. The molecule has 1 aromatic heterocycles. The van der Waals surface area contributed by atoms with Crippen LogP contribution >= 0.6 is 0 Å². The number of pyridine rings is 1. The Labute approximate surface area is 213 Å². The molecule has 0 radical (unpaired) electrons. The Hall–Kier alpha value is -3.63. The number of benzene rings is 2. The summed E-state index contributed by atoms with van der Waals surface area (Å²) >= 11 is 0. The first-order valence-corrected chi connectivity index (χ1v) is 12.4. The number of rotatable bonds is 5. The number of fused-ring (bicyclic) bond motifs is 3. The van der Waals surface area contributed by atoms with Crippen LogP contribution in [-0.2, 0) is 4.74 Å². The molecule has 9 nitrogen and oxygen atoms in total. The lowest BCUT2D eigenvalue weighted by atomic mass is 9.91. The minimum atomic E-state index is -1.10. The molecule has 4 heterocycles. The molecule has 2 aromatic carbocycles. The smallest absolute Gasteiger partial charge is 0.414 e. The van der Waals surface area contributed by atoms with Crippen LogP contribution in [-0.4, -0.2) is 73.7 Å². The first-order valence-electron chi connectivity index (χ1n) is 12.4. The zero-order valence-electron chi connectivity index (χ0n) is 20.4. The fraction of sp³-hybridized carbons (Fsp3) is 0.407. The number of ether oxygens (including phenoxy) is 4. The van der Waals surface area contributed by atoms with Crippen molar-refractivity contribution in [2.75, 3.05) is 51.4 Å². The van der Waals surface area contributed by atoms with E-state index in [4.69, 9.17) is 18.9 Å². The van der Waals surface area contributed by atoms with Crippen LogP contribution in [0.3, 0.4) is 0 Å². The molecule has 0 spiro atoms. The summed E-state index contributed by atoms with van der Waals surface area (Å²) in [5.41, 5.74) is 1.23. The third-order valence-corrected chi connectivity index (χ3v) is 7.30. The van der Waals surface area contributed by atoms with Crippen molar-refractivity contribution in [1.29, 1.82) is 0 Å². The zero-order valence-corrected chi connectivity index (χ0v) is 20.4. The molecule has 37 heavy (non-hydrogen) atoms. The Morgan fingerprint density at radius 3 is 2.78 bits per heavy atom. The molecule has 0 bridgehead atoms. The van der Waals surface area contributed by atoms with E-state index < -0.39 is 18.0 Å². The van der Waals surface area contributed by atoms with Gasteiger partial charge in [0.25, 0.3) is 0 Å². The lowest BCUT2D eigenvalue weighted by Gasteiger charge is -2.44. The number of anilines is 1. The second-order valence-corrected chi connectivity index (χ2v) is 9.57. The summed E-state index contributed by atoms with van der Waals surface area (Å²) in [4.78, 5) is 20.9. The highest BCUT2D eigenvalue weighted by atomic mass is 19.1. The number of amides is 1. The van der Waals surface area contributed by atoms with Crippen molar-refractivity contribution in [2.24, 2.45) is 5.92 Å². The van der Waals surface area contributed by atoms with E-state index in [0.717, 1.165) is 11.8 Å². The third kappa shape index (κ3) is 4.51. The number of halogens is 1. The third-order valence-electron chi connectivity index (χ3n) is 7.30. The van der Waals surface area contributed by atoms with E-state index in [9.17, 15) is 14.3 Å². The van der Waals surface area contributed by atoms with E-state index in [0.29, 0.717) is 61.4 Å². The minimum Gasteiger partial charge on any atom is -0.486 e. The Morgan fingerprint density at radius 1 is 1.14 bits per heavy atom. The Bertz CT molecular complexity index is 1340. The van der Waals surface area contributed by atoms with Gasteiger partial charge < -0.3 is 24.1 Å². The van der Waals surface area contributed by atoms with Gasteiger partial charge in [-0.05, 0) is 43.3 Å². The molecular weight excluding hydrogens is 481 g/mol. The van der Waals surface area contributed by atoms with Gasteiger partial charge in [0, 0.05) is 48.6 Å². The van der Waals surface area contributed by atoms with Crippen molar-refractivity contribution in [3.63, 3.8) is 0 Å². The zero-order chi connectivity index (χ0) is 25.5. The van der Waals surface area contributed by atoms with Crippen LogP contribution in [0.25, 0.3) is 10.9 Å². The van der Waals surface area contributed by atoms with Gasteiger partial charge in [0.15, 0.2) is 11.5 Å². The molecule has 1 unspecified atom stereocenters. The summed E-state index contributed by atoms with van der Waals surface area (Å²) in [6, 6.07) is 11.9. The standard InChI is InChI=1S/C27H28FN3O6/c1-34-24-7-3-16-2-5-19(28)25(26(16)29-24)20(32)14-30-9-8-17-13-31(27(33)37-23(17)15-30)18-4-6-21-22(12-18)36-11-10-35-21/h2-7,12,17,20,23,32H,8-11,13-15H2,1H3/t17-,20?,23+/m1/s1. The van der Waals surface area contributed by atoms with Crippen LogP contribution in [0, 0.1) is 11.7 Å². The normalized spacial score (nSPS) is 22.4. The van der Waals surface area contributed by atoms with Gasteiger partial charge in [-0.2, -0.15) is 0 Å². The van der Waals surface area contributed by atoms with Gasteiger partial charge in [-0.25, -0.2) is 14.2 Å². The largest absolute Gasteiger partial charge is 0.486 e. The number of aliphatic hydroxyl groups is 1. The number of piperidine rings is 1. The summed E-state index contributed by atoms with van der Waals surface area (Å²) in [5.74, 6) is 1.26. The molecule has 2 saturated heterocycles. The van der Waals surface area contributed by atoms with Crippen LogP contribution in [0.2, 0.25) is 0 Å². The summed E-state index contributed by atoms with van der Waals surface area (Å²) in [5, 5.41) is 11.8. The monoisotopic (exact) mass is 509 g/mol. The minimum absolute atomic E-state index is 0.138. The molecule has 6 rings (SSSR count). The van der Waals surface area contributed by atoms with Gasteiger partial charge in [-0.3, -0.25) is 9.80 Å². The van der Waals surface area contributed by atoms with Crippen molar-refractivity contribution in [3.05, 3.63) is 53.8 Å². The molecule has 3 aliphatic heterocycles. The lowest BCUT2D eigenvalue weighted by Crippen LogP contribution is -2.56. The SMILES string of the molecule is COc1ccc2ccc(F)c(C(O)CN3CC[C@@H]4CN(c5ccc6c(c5)OCCO6)C(=O)O[C@H]4C3)c2n1. The summed E-state index contributed by atoms with van der Waals surface area (Å²) in [7, 11) is 1.49. The number of carbonyl (C=O) groups excluding carboxylic acids is 1. The maximum Gasteiger partial charge on any atom is 0.414 e. The molecule has 0 saturated carbocycles. The highest BCUT2D eigenvalue weighted by molar-refractivity contribution is 5.89. The van der Waals surface area contributed by atoms with Gasteiger partial charge >= 0.3 is 6.09 Å². The Balaban J connectivity index is 1.14. The lowest BCUT2D eigenvalue weighted by molar-refractivity contribution is -0.0188. The Kier molecular flexibility index (Phi) is 6.21. The van der Waals surface area contributed by atoms with E-state index >= 15 is 0 Å². The molecule has 1 N–H and O–H groups in total. The summed E-state index contributed by atoms with van der Waals surface area (Å²) in [6.45, 7) is 2.85. The molecule has 3 aliphatic rings. The summed E-state index contributed by atoms with van der Waals surface area (Å²) in [6.07, 6.45) is -1.06. The van der Waals surface area contributed by atoms with Gasteiger partial charge in [0.2, 0.25) is 5.88 Å². The number of hydrogen-bond donors (Lipinski definition) is 1. The molecule has 10 heteroatoms. The molecule has 0 aliphatic carbocycles. The van der Waals surface area contributed by atoms with Crippen LogP contribution < -0.4 is 19.1 Å². The average Bonchev–Trinajstić information content (AvgIpc) is 2.91. The van der Waals surface area contributed by atoms with E-state index in [1.54, 1.807) is 23.1 Å². The molecular formula is C27H28FN3O6. The van der Waals surface area contributed by atoms with Crippen LogP contribution in [0.5, 0.6) is 17.4 Å². The molecule has 3 atom stereocenters. The average molecular weight is 510 g/mol. The molecule has 194 valence electrons. The quantitative estimate of drug-likeness (QED) is 0.559. The van der Waals surface area contributed by atoms with Gasteiger partial charge in [-0.1, -0.05) is 0 Å².